The molecule has 0 saturated heterocycles. The quantitative estimate of drug-likeness (QED) is 0.560. The molecule has 24 heavy (non-hydrogen) atoms. The molecule has 0 aliphatic carbocycles. The summed E-state index contributed by atoms with van der Waals surface area (Å²) in [6, 6.07) is 6.31. The Balaban J connectivity index is 2.57. The van der Waals surface area contributed by atoms with Crippen molar-refractivity contribution in [2.45, 2.75) is 32.5 Å². The molecule has 0 radical (unpaired) electrons. The first-order valence-electron chi connectivity index (χ1n) is 8.35. The standard InChI is InChI=1S/C18H32N2O3S/c1-14(2)20(3)12-16(21)13-23-18-10-15(6-7-17(18)22-4)11-19-8-9-24-5/h6-7,10,14,16,19,21H,8-9,11-13H2,1-5H3. The van der Waals surface area contributed by atoms with Crippen molar-refractivity contribution in [1.29, 1.82) is 0 Å². The number of aliphatic hydroxyl groups is 1. The first-order chi connectivity index (χ1) is 11.5. The fraction of sp³-hybridized carbons (Fsp3) is 0.667. The lowest BCUT2D eigenvalue weighted by atomic mass is 10.2. The molecule has 0 amide bonds. The van der Waals surface area contributed by atoms with Crippen LogP contribution in [0.1, 0.15) is 19.4 Å². The van der Waals surface area contributed by atoms with Crippen molar-refractivity contribution in [3.8, 4) is 11.5 Å². The summed E-state index contributed by atoms with van der Waals surface area (Å²) in [4.78, 5) is 2.09. The zero-order chi connectivity index (χ0) is 17.9. The van der Waals surface area contributed by atoms with E-state index in [4.69, 9.17) is 9.47 Å². The SMILES string of the molecule is COc1ccc(CNCCSC)cc1OCC(O)CN(C)C(C)C. The molecule has 2 N–H and O–H groups in total. The zero-order valence-electron chi connectivity index (χ0n) is 15.5. The van der Waals surface area contributed by atoms with Gasteiger partial charge in [0.05, 0.1) is 7.11 Å². The topological polar surface area (TPSA) is 54.0 Å². The second-order valence-corrected chi connectivity index (χ2v) is 7.14. The Morgan fingerprint density at radius 2 is 2.04 bits per heavy atom. The molecule has 138 valence electrons. The third-order valence-corrected chi connectivity index (χ3v) is 4.46. The third kappa shape index (κ3) is 7.75. The molecule has 0 spiro atoms. The third-order valence-electron chi connectivity index (χ3n) is 3.85. The van der Waals surface area contributed by atoms with Gasteiger partial charge in [-0.15, -0.1) is 0 Å². The highest BCUT2D eigenvalue weighted by atomic mass is 32.2. The number of rotatable bonds is 12. The van der Waals surface area contributed by atoms with Crippen LogP contribution in [0.25, 0.3) is 0 Å². The lowest BCUT2D eigenvalue weighted by Gasteiger charge is -2.24. The molecule has 0 fully saturated rings. The van der Waals surface area contributed by atoms with Gasteiger partial charge >= 0.3 is 0 Å². The number of ether oxygens (including phenoxy) is 2. The van der Waals surface area contributed by atoms with Crippen LogP contribution in [0.15, 0.2) is 18.2 Å². The van der Waals surface area contributed by atoms with E-state index in [1.807, 2.05) is 37.0 Å². The lowest BCUT2D eigenvalue weighted by molar-refractivity contribution is 0.0668. The molecule has 1 aromatic carbocycles. The normalized spacial score (nSPS) is 12.7. The minimum atomic E-state index is -0.537. The number of aliphatic hydroxyl groups excluding tert-OH is 1. The lowest BCUT2D eigenvalue weighted by Crippen LogP contribution is -2.37. The Hall–Kier alpha value is -0.950. The van der Waals surface area contributed by atoms with E-state index >= 15 is 0 Å². The molecular formula is C18H32N2O3S. The highest BCUT2D eigenvalue weighted by Crippen LogP contribution is 2.28. The van der Waals surface area contributed by atoms with E-state index < -0.39 is 6.10 Å². The molecule has 1 rings (SSSR count). The monoisotopic (exact) mass is 356 g/mol. The maximum Gasteiger partial charge on any atom is 0.161 e. The molecule has 1 atom stereocenters. The molecule has 5 nitrogen and oxygen atoms in total. The molecule has 0 bridgehead atoms. The molecule has 1 unspecified atom stereocenters. The van der Waals surface area contributed by atoms with Crippen molar-refractivity contribution >= 4 is 11.8 Å². The Kier molecular flexibility index (Phi) is 10.2. The van der Waals surface area contributed by atoms with Crippen molar-refractivity contribution in [2.24, 2.45) is 0 Å². The molecular weight excluding hydrogens is 324 g/mol. The summed E-state index contributed by atoms with van der Waals surface area (Å²) in [7, 11) is 3.62. The van der Waals surface area contributed by atoms with Gasteiger partial charge in [0.1, 0.15) is 12.7 Å². The average molecular weight is 357 g/mol. The van der Waals surface area contributed by atoms with Crippen molar-refractivity contribution < 1.29 is 14.6 Å². The Morgan fingerprint density at radius 3 is 2.67 bits per heavy atom. The van der Waals surface area contributed by atoms with Gasteiger partial charge < -0.3 is 24.8 Å². The minimum Gasteiger partial charge on any atom is -0.493 e. The van der Waals surface area contributed by atoms with Gasteiger partial charge in [-0.25, -0.2) is 0 Å². The second-order valence-electron chi connectivity index (χ2n) is 6.15. The highest BCUT2D eigenvalue weighted by molar-refractivity contribution is 7.98. The summed E-state index contributed by atoms with van der Waals surface area (Å²) in [6.07, 6.45) is 1.56. The molecule has 0 aliphatic rings. The van der Waals surface area contributed by atoms with Crippen LogP contribution >= 0.6 is 11.8 Å². The average Bonchev–Trinajstić information content (AvgIpc) is 2.56. The number of nitrogens with one attached hydrogen (secondary N) is 1. The maximum absolute atomic E-state index is 10.1. The van der Waals surface area contributed by atoms with E-state index in [1.165, 1.54) is 0 Å². The van der Waals surface area contributed by atoms with E-state index in [1.54, 1.807) is 7.11 Å². The van der Waals surface area contributed by atoms with Crippen LogP contribution in [0, 0.1) is 0 Å². The Bertz CT molecular complexity index is 472. The van der Waals surface area contributed by atoms with E-state index in [2.05, 4.69) is 30.3 Å². The van der Waals surface area contributed by atoms with Gasteiger partial charge in [0, 0.05) is 31.4 Å². The molecule has 0 saturated carbocycles. The van der Waals surface area contributed by atoms with Crippen LogP contribution in [0.4, 0.5) is 0 Å². The van der Waals surface area contributed by atoms with Gasteiger partial charge in [-0.3, -0.25) is 0 Å². The number of nitrogens with zero attached hydrogens (tertiary/aromatic N) is 1. The number of thioether (sulfide) groups is 1. The number of likely N-dealkylation sites (N-methyl/N-ethyl adjacent to an activating group) is 1. The second kappa shape index (κ2) is 11.6. The van der Waals surface area contributed by atoms with Gasteiger partial charge in [-0.05, 0) is 44.8 Å². The number of hydrogen-bond donors (Lipinski definition) is 2. The molecule has 6 heteroatoms. The smallest absolute Gasteiger partial charge is 0.161 e. The summed E-state index contributed by atoms with van der Waals surface area (Å²) in [5.74, 6) is 2.45. The van der Waals surface area contributed by atoms with Crippen LogP contribution in [-0.4, -0.2) is 68.0 Å². The number of hydrogen-bond acceptors (Lipinski definition) is 6. The first-order valence-corrected chi connectivity index (χ1v) is 9.75. The van der Waals surface area contributed by atoms with Gasteiger partial charge in [-0.1, -0.05) is 6.07 Å². The maximum atomic E-state index is 10.1. The predicted molar refractivity (Wildman–Crippen MR) is 102 cm³/mol. The van der Waals surface area contributed by atoms with Crippen LogP contribution in [0.3, 0.4) is 0 Å². The van der Waals surface area contributed by atoms with Crippen molar-refractivity contribution in [3.63, 3.8) is 0 Å². The van der Waals surface area contributed by atoms with Crippen LogP contribution in [-0.2, 0) is 6.54 Å². The van der Waals surface area contributed by atoms with Crippen molar-refractivity contribution in [2.75, 3.05) is 45.9 Å². The number of benzene rings is 1. The number of methoxy groups -OCH3 is 1. The Morgan fingerprint density at radius 1 is 1.29 bits per heavy atom. The van der Waals surface area contributed by atoms with Crippen molar-refractivity contribution in [3.05, 3.63) is 23.8 Å². The molecule has 1 aromatic rings. The van der Waals surface area contributed by atoms with E-state index in [0.29, 0.717) is 24.1 Å². The van der Waals surface area contributed by atoms with Crippen LogP contribution in [0.5, 0.6) is 11.5 Å². The minimum absolute atomic E-state index is 0.247. The zero-order valence-corrected chi connectivity index (χ0v) is 16.4. The summed E-state index contributed by atoms with van der Waals surface area (Å²) >= 11 is 1.83. The first kappa shape index (κ1) is 21.1. The van der Waals surface area contributed by atoms with Gasteiger partial charge in [0.25, 0.3) is 0 Å². The van der Waals surface area contributed by atoms with Crippen LogP contribution in [0.2, 0.25) is 0 Å². The molecule has 0 aliphatic heterocycles. The van der Waals surface area contributed by atoms with E-state index in [-0.39, 0.29) is 6.61 Å². The summed E-state index contributed by atoms with van der Waals surface area (Å²) < 4.78 is 11.2. The fourth-order valence-corrected chi connectivity index (χ4v) is 2.48. The van der Waals surface area contributed by atoms with Gasteiger partial charge in [0.2, 0.25) is 0 Å². The van der Waals surface area contributed by atoms with E-state index in [9.17, 15) is 5.11 Å². The predicted octanol–water partition coefficient (Wildman–Crippen LogP) is 2.23. The van der Waals surface area contributed by atoms with Gasteiger partial charge in [0.15, 0.2) is 11.5 Å². The Labute approximate surface area is 150 Å². The fourth-order valence-electron chi connectivity index (χ4n) is 2.13. The van der Waals surface area contributed by atoms with Crippen molar-refractivity contribution in [1.82, 2.24) is 10.2 Å². The molecule has 0 heterocycles. The van der Waals surface area contributed by atoms with E-state index in [0.717, 1.165) is 24.4 Å². The highest BCUT2D eigenvalue weighted by Gasteiger charge is 2.13. The van der Waals surface area contributed by atoms with Crippen LogP contribution < -0.4 is 14.8 Å². The largest absolute Gasteiger partial charge is 0.493 e. The summed E-state index contributed by atoms with van der Waals surface area (Å²) in [6.45, 7) is 6.80. The molecule has 0 aromatic heterocycles. The summed E-state index contributed by atoms with van der Waals surface area (Å²) in [5.41, 5.74) is 1.14. The van der Waals surface area contributed by atoms with Gasteiger partial charge in [-0.2, -0.15) is 11.8 Å². The summed E-state index contributed by atoms with van der Waals surface area (Å²) in [5, 5.41) is 13.5.